The summed E-state index contributed by atoms with van der Waals surface area (Å²) in [5.74, 6) is 6.40. The molecule has 5 nitrogen and oxygen atoms in total. The molecule has 2 heterocycles. The number of aromatic nitrogens is 1. The van der Waals surface area contributed by atoms with Crippen LogP contribution in [0.3, 0.4) is 0 Å². The van der Waals surface area contributed by atoms with Gasteiger partial charge in [0.25, 0.3) is 5.91 Å². The zero-order valence-corrected chi connectivity index (χ0v) is 11.0. The van der Waals surface area contributed by atoms with Crippen LogP contribution in [-0.2, 0) is 0 Å². The van der Waals surface area contributed by atoms with Crippen molar-refractivity contribution in [3.63, 3.8) is 0 Å². The second-order valence-corrected chi connectivity index (χ2v) is 4.08. The molecule has 102 valence electrons. The molecule has 0 atom stereocenters. The molecule has 2 N–H and O–H groups in total. The fraction of sp³-hybridized carbons (Fsp3) is 0.200. The van der Waals surface area contributed by atoms with Crippen molar-refractivity contribution in [3.8, 4) is 11.8 Å². The number of nitrogens with zero attached hydrogens (tertiary/aromatic N) is 1. The monoisotopic (exact) mass is 270 g/mol. The molecule has 0 saturated carbocycles. The van der Waals surface area contributed by atoms with Crippen molar-refractivity contribution in [2.75, 3.05) is 11.9 Å². The van der Waals surface area contributed by atoms with Crippen molar-refractivity contribution in [3.05, 3.63) is 47.5 Å². The number of nitrogens with one attached hydrogen (secondary N) is 1. The molecule has 0 bridgehead atoms. The summed E-state index contributed by atoms with van der Waals surface area (Å²) in [6.45, 7) is 1.79. The number of pyridine rings is 1. The highest BCUT2D eigenvalue weighted by atomic mass is 16.3. The van der Waals surface area contributed by atoms with E-state index < -0.39 is 0 Å². The van der Waals surface area contributed by atoms with Crippen molar-refractivity contribution in [1.29, 1.82) is 0 Å². The van der Waals surface area contributed by atoms with Gasteiger partial charge in [-0.1, -0.05) is 12.0 Å². The highest BCUT2D eigenvalue weighted by Gasteiger charge is 2.09. The third-order valence-corrected chi connectivity index (χ3v) is 2.44. The molecule has 0 aromatic carbocycles. The van der Waals surface area contributed by atoms with Gasteiger partial charge in [-0.25, -0.2) is 4.98 Å². The lowest BCUT2D eigenvalue weighted by molar-refractivity contribution is 0.102. The van der Waals surface area contributed by atoms with Gasteiger partial charge < -0.3 is 14.8 Å². The predicted octanol–water partition coefficient (Wildman–Crippen LogP) is 1.97. The van der Waals surface area contributed by atoms with E-state index in [1.165, 1.54) is 6.26 Å². The maximum Gasteiger partial charge on any atom is 0.260 e. The average molecular weight is 270 g/mol. The van der Waals surface area contributed by atoms with Crippen LogP contribution in [0.1, 0.15) is 28.2 Å². The number of anilines is 1. The summed E-state index contributed by atoms with van der Waals surface area (Å²) in [6.07, 6.45) is 1.79. The minimum Gasteiger partial charge on any atom is -0.469 e. The molecular weight excluding hydrogens is 256 g/mol. The van der Waals surface area contributed by atoms with E-state index >= 15 is 0 Å². The number of furan rings is 1. The summed E-state index contributed by atoms with van der Waals surface area (Å²) in [6, 6.07) is 6.83. The lowest BCUT2D eigenvalue weighted by atomic mass is 10.3. The Morgan fingerprint density at radius 1 is 1.50 bits per heavy atom. The summed E-state index contributed by atoms with van der Waals surface area (Å²) in [7, 11) is 0. The smallest absolute Gasteiger partial charge is 0.260 e. The highest BCUT2D eigenvalue weighted by Crippen LogP contribution is 2.10. The largest absolute Gasteiger partial charge is 0.469 e. The topological polar surface area (TPSA) is 75.4 Å². The van der Waals surface area contributed by atoms with Crippen LogP contribution in [0.5, 0.6) is 0 Å². The summed E-state index contributed by atoms with van der Waals surface area (Å²) in [4.78, 5) is 16.1. The van der Waals surface area contributed by atoms with Crippen molar-refractivity contribution >= 4 is 11.7 Å². The molecule has 20 heavy (non-hydrogen) atoms. The zero-order chi connectivity index (χ0) is 14.4. The number of carbonyl (C=O) groups is 1. The quantitative estimate of drug-likeness (QED) is 0.836. The number of rotatable bonds is 3. The minimum atomic E-state index is -0.283. The van der Waals surface area contributed by atoms with Gasteiger partial charge in [0.1, 0.15) is 23.5 Å². The number of hydrogen-bond donors (Lipinski definition) is 2. The number of aliphatic hydroxyl groups is 1. The number of aryl methyl sites for hydroxylation is 1. The number of carbonyl (C=O) groups excluding carboxylic acids is 1. The highest BCUT2D eigenvalue weighted by molar-refractivity contribution is 6.03. The molecule has 0 unspecified atom stereocenters. The van der Waals surface area contributed by atoms with Crippen LogP contribution in [-0.4, -0.2) is 22.6 Å². The van der Waals surface area contributed by atoms with Gasteiger partial charge in [-0.2, -0.15) is 0 Å². The van der Waals surface area contributed by atoms with Crippen LogP contribution in [0.2, 0.25) is 0 Å². The van der Waals surface area contributed by atoms with Gasteiger partial charge in [-0.3, -0.25) is 4.79 Å². The second kappa shape index (κ2) is 6.55. The van der Waals surface area contributed by atoms with Crippen molar-refractivity contribution < 1.29 is 14.3 Å². The maximum absolute atomic E-state index is 11.9. The van der Waals surface area contributed by atoms with E-state index in [1.54, 1.807) is 31.2 Å². The van der Waals surface area contributed by atoms with Gasteiger partial charge in [0.15, 0.2) is 0 Å². The normalized spacial score (nSPS) is 9.70. The zero-order valence-electron chi connectivity index (χ0n) is 11.0. The first-order chi connectivity index (χ1) is 9.69. The maximum atomic E-state index is 11.9. The Hall–Kier alpha value is -2.58. The van der Waals surface area contributed by atoms with Crippen molar-refractivity contribution in [2.45, 2.75) is 13.3 Å². The van der Waals surface area contributed by atoms with Gasteiger partial charge in [0, 0.05) is 6.42 Å². The SMILES string of the molecule is Cc1cc(C(=O)Nc2cccc(C#CCCO)n2)co1. The Labute approximate surface area is 116 Å². The van der Waals surface area contributed by atoms with Gasteiger partial charge in [-0.05, 0) is 31.0 Å². The molecule has 1 amide bonds. The molecule has 0 aliphatic rings. The molecule has 5 heteroatoms. The average Bonchev–Trinajstić information content (AvgIpc) is 2.86. The van der Waals surface area contributed by atoms with Crippen LogP contribution >= 0.6 is 0 Å². The minimum absolute atomic E-state index is 0.0171. The fourth-order valence-electron chi connectivity index (χ4n) is 1.53. The first-order valence-corrected chi connectivity index (χ1v) is 6.12. The molecule has 0 fully saturated rings. The second-order valence-electron chi connectivity index (χ2n) is 4.08. The molecule has 0 saturated heterocycles. The summed E-state index contributed by atoms with van der Waals surface area (Å²) in [5.41, 5.74) is 0.987. The van der Waals surface area contributed by atoms with E-state index in [0.29, 0.717) is 29.3 Å². The van der Waals surface area contributed by atoms with Gasteiger partial charge in [-0.15, -0.1) is 0 Å². The van der Waals surface area contributed by atoms with E-state index in [1.807, 2.05) is 0 Å². The summed E-state index contributed by atoms with van der Waals surface area (Å²) < 4.78 is 5.09. The molecule has 0 spiro atoms. The Morgan fingerprint density at radius 2 is 2.35 bits per heavy atom. The van der Waals surface area contributed by atoms with E-state index in [2.05, 4.69) is 22.1 Å². The Balaban J connectivity index is 2.08. The first-order valence-electron chi connectivity index (χ1n) is 6.12. The van der Waals surface area contributed by atoms with Crippen LogP contribution in [0.4, 0.5) is 5.82 Å². The molecule has 2 aromatic heterocycles. The Morgan fingerprint density at radius 3 is 3.05 bits per heavy atom. The lowest BCUT2D eigenvalue weighted by Gasteiger charge is -2.02. The molecule has 0 radical (unpaired) electrons. The van der Waals surface area contributed by atoms with Crippen molar-refractivity contribution in [1.82, 2.24) is 4.98 Å². The van der Waals surface area contributed by atoms with E-state index in [9.17, 15) is 4.79 Å². The molecule has 0 aliphatic carbocycles. The Bertz CT molecular complexity index is 665. The van der Waals surface area contributed by atoms with Gasteiger partial charge >= 0.3 is 0 Å². The third kappa shape index (κ3) is 3.70. The standard InChI is InChI=1S/C15H14N2O3/c1-11-9-12(10-20-11)15(19)17-14-7-4-6-13(16-14)5-2-3-8-18/h4,6-7,9-10,18H,3,8H2,1H3,(H,16,17,19). The molecule has 2 rings (SSSR count). The van der Waals surface area contributed by atoms with Gasteiger partial charge in [0.05, 0.1) is 12.2 Å². The van der Waals surface area contributed by atoms with Gasteiger partial charge in [0.2, 0.25) is 0 Å². The fourth-order valence-corrected chi connectivity index (χ4v) is 1.53. The summed E-state index contributed by atoms with van der Waals surface area (Å²) in [5, 5.41) is 11.3. The third-order valence-electron chi connectivity index (χ3n) is 2.44. The molecular formula is C15H14N2O3. The predicted molar refractivity (Wildman–Crippen MR) is 74.2 cm³/mol. The molecule has 0 aliphatic heterocycles. The van der Waals surface area contributed by atoms with Crippen LogP contribution < -0.4 is 5.32 Å². The number of aliphatic hydroxyl groups excluding tert-OH is 1. The van der Waals surface area contributed by atoms with Crippen LogP contribution in [0, 0.1) is 18.8 Å². The summed E-state index contributed by atoms with van der Waals surface area (Å²) >= 11 is 0. The van der Waals surface area contributed by atoms with E-state index in [-0.39, 0.29) is 12.5 Å². The lowest BCUT2D eigenvalue weighted by Crippen LogP contribution is -2.12. The first kappa shape index (κ1) is 13.8. The van der Waals surface area contributed by atoms with Crippen molar-refractivity contribution in [2.24, 2.45) is 0 Å². The van der Waals surface area contributed by atoms with E-state index in [4.69, 9.17) is 9.52 Å². The number of hydrogen-bond acceptors (Lipinski definition) is 4. The van der Waals surface area contributed by atoms with Crippen LogP contribution in [0.15, 0.2) is 34.9 Å². The Kier molecular flexibility index (Phi) is 4.53. The van der Waals surface area contributed by atoms with Crippen LogP contribution in [0.25, 0.3) is 0 Å². The molecule has 2 aromatic rings. The van der Waals surface area contributed by atoms with E-state index in [0.717, 1.165) is 0 Å². The number of amides is 1.